The fraction of sp³-hybridized carbons (Fsp3) is 0.529. The van der Waals surface area contributed by atoms with Gasteiger partial charge >= 0.3 is 5.97 Å². The summed E-state index contributed by atoms with van der Waals surface area (Å²) in [5, 5.41) is 8.97. The van der Waals surface area contributed by atoms with Crippen molar-refractivity contribution in [3.8, 4) is 0 Å². The normalized spacial score (nSPS) is 15.5. The Bertz CT molecular complexity index is 526. The van der Waals surface area contributed by atoms with Crippen molar-refractivity contribution in [1.82, 2.24) is 4.90 Å². The zero-order valence-electron chi connectivity index (χ0n) is 13.0. The van der Waals surface area contributed by atoms with Gasteiger partial charge in [-0.3, -0.25) is 4.79 Å². The number of hydrogen-bond acceptors (Lipinski definition) is 3. The van der Waals surface area contributed by atoms with E-state index >= 15 is 0 Å². The minimum Gasteiger partial charge on any atom is -0.478 e. The van der Waals surface area contributed by atoms with Gasteiger partial charge in [-0.15, -0.1) is 11.8 Å². The largest absolute Gasteiger partial charge is 0.478 e. The van der Waals surface area contributed by atoms with E-state index in [-0.39, 0.29) is 5.91 Å². The lowest BCUT2D eigenvalue weighted by Gasteiger charge is -2.31. The molecule has 2 rings (SSSR count). The molecule has 22 heavy (non-hydrogen) atoms. The van der Waals surface area contributed by atoms with E-state index in [0.717, 1.165) is 18.4 Å². The minimum atomic E-state index is -0.917. The number of nitrogens with zero attached hydrogens (tertiary/aromatic N) is 1. The molecule has 1 aromatic rings. The van der Waals surface area contributed by atoms with Crippen LogP contribution >= 0.6 is 11.8 Å². The number of carboxylic acids is 1. The van der Waals surface area contributed by atoms with Gasteiger partial charge in [-0.05, 0) is 30.5 Å². The summed E-state index contributed by atoms with van der Waals surface area (Å²) >= 11 is 1.54. The standard InChI is InChI=1S/C17H23NO3S/c1-18(15-8-3-2-4-9-15)16(19)12-22-11-13-6-5-7-14(10-13)17(20)21/h5-7,10,15H,2-4,8-9,11-12H2,1H3,(H,20,21). The number of carbonyl (C=O) groups is 2. The Hall–Kier alpha value is -1.49. The van der Waals surface area contributed by atoms with Gasteiger partial charge in [0.1, 0.15) is 0 Å². The Balaban J connectivity index is 1.79. The third-order valence-electron chi connectivity index (χ3n) is 4.18. The van der Waals surface area contributed by atoms with E-state index in [9.17, 15) is 9.59 Å². The average Bonchev–Trinajstić information content (AvgIpc) is 2.55. The van der Waals surface area contributed by atoms with Crippen molar-refractivity contribution in [2.75, 3.05) is 12.8 Å². The van der Waals surface area contributed by atoms with Gasteiger partial charge in [-0.25, -0.2) is 4.79 Å². The van der Waals surface area contributed by atoms with Crippen LogP contribution in [0.4, 0.5) is 0 Å². The van der Waals surface area contributed by atoms with Crippen LogP contribution in [0.15, 0.2) is 24.3 Å². The number of rotatable bonds is 6. The van der Waals surface area contributed by atoms with Crippen LogP contribution in [0.25, 0.3) is 0 Å². The van der Waals surface area contributed by atoms with Gasteiger partial charge in [-0.1, -0.05) is 31.4 Å². The van der Waals surface area contributed by atoms with E-state index in [2.05, 4.69) is 0 Å². The molecule has 4 nitrogen and oxygen atoms in total. The van der Waals surface area contributed by atoms with Gasteiger partial charge in [0.2, 0.25) is 5.91 Å². The topological polar surface area (TPSA) is 57.6 Å². The van der Waals surface area contributed by atoms with Gasteiger partial charge in [0.25, 0.3) is 0 Å². The third-order valence-corrected chi connectivity index (χ3v) is 5.17. The highest BCUT2D eigenvalue weighted by atomic mass is 32.2. The van der Waals surface area contributed by atoms with Crippen molar-refractivity contribution in [3.05, 3.63) is 35.4 Å². The van der Waals surface area contributed by atoms with E-state index in [0.29, 0.717) is 23.1 Å². The van der Waals surface area contributed by atoms with Crippen molar-refractivity contribution < 1.29 is 14.7 Å². The number of hydrogen-bond donors (Lipinski definition) is 1. The van der Waals surface area contributed by atoms with Crippen LogP contribution in [0.3, 0.4) is 0 Å². The molecule has 0 aliphatic heterocycles. The van der Waals surface area contributed by atoms with E-state index < -0.39 is 5.97 Å². The molecule has 1 amide bonds. The maximum Gasteiger partial charge on any atom is 0.335 e. The molecule has 1 saturated carbocycles. The molecule has 0 radical (unpaired) electrons. The smallest absolute Gasteiger partial charge is 0.335 e. The average molecular weight is 321 g/mol. The van der Waals surface area contributed by atoms with Gasteiger partial charge in [0.15, 0.2) is 0 Å². The van der Waals surface area contributed by atoms with Crippen LogP contribution in [0.1, 0.15) is 48.0 Å². The van der Waals surface area contributed by atoms with Crippen molar-refractivity contribution >= 4 is 23.6 Å². The first-order valence-corrected chi connectivity index (χ1v) is 8.89. The number of carbonyl (C=O) groups excluding carboxylic acids is 1. The lowest BCUT2D eigenvalue weighted by Crippen LogP contribution is -2.39. The van der Waals surface area contributed by atoms with Gasteiger partial charge in [0.05, 0.1) is 11.3 Å². The Morgan fingerprint density at radius 1 is 1.27 bits per heavy atom. The summed E-state index contributed by atoms with van der Waals surface area (Å²) in [4.78, 5) is 25.1. The van der Waals surface area contributed by atoms with Crippen LogP contribution in [-0.4, -0.2) is 40.7 Å². The van der Waals surface area contributed by atoms with Crippen molar-refractivity contribution in [2.45, 2.75) is 43.9 Å². The predicted octanol–water partition coefficient (Wildman–Crippen LogP) is 3.41. The van der Waals surface area contributed by atoms with Crippen LogP contribution in [-0.2, 0) is 10.5 Å². The second-order valence-electron chi connectivity index (χ2n) is 5.79. The van der Waals surface area contributed by atoms with Crippen molar-refractivity contribution in [2.24, 2.45) is 0 Å². The second kappa shape index (κ2) is 8.22. The highest BCUT2D eigenvalue weighted by molar-refractivity contribution is 7.99. The number of aromatic carboxylic acids is 1. The van der Waals surface area contributed by atoms with Crippen LogP contribution in [0.2, 0.25) is 0 Å². The summed E-state index contributed by atoms with van der Waals surface area (Å²) in [6.45, 7) is 0. The zero-order valence-corrected chi connectivity index (χ0v) is 13.8. The van der Waals surface area contributed by atoms with E-state index in [1.807, 2.05) is 18.0 Å². The monoisotopic (exact) mass is 321 g/mol. The summed E-state index contributed by atoms with van der Waals surface area (Å²) in [6.07, 6.45) is 5.96. The first kappa shape index (κ1) is 16.9. The van der Waals surface area contributed by atoms with Gasteiger partial charge in [-0.2, -0.15) is 0 Å². The Morgan fingerprint density at radius 3 is 2.68 bits per heavy atom. The van der Waals surface area contributed by atoms with Crippen molar-refractivity contribution in [3.63, 3.8) is 0 Å². The van der Waals surface area contributed by atoms with Crippen molar-refractivity contribution in [1.29, 1.82) is 0 Å². The van der Waals surface area contributed by atoms with Crippen LogP contribution in [0, 0.1) is 0 Å². The fourth-order valence-corrected chi connectivity index (χ4v) is 3.72. The summed E-state index contributed by atoms with van der Waals surface area (Å²) in [7, 11) is 1.91. The summed E-state index contributed by atoms with van der Waals surface area (Å²) in [5.74, 6) is 0.363. The first-order valence-electron chi connectivity index (χ1n) is 7.73. The maximum atomic E-state index is 12.2. The molecule has 0 atom stereocenters. The van der Waals surface area contributed by atoms with E-state index in [1.54, 1.807) is 30.0 Å². The number of benzene rings is 1. The SMILES string of the molecule is CN(C(=O)CSCc1cccc(C(=O)O)c1)C1CCCCC1. The number of carboxylic acid groups (broad SMARTS) is 1. The molecule has 1 fully saturated rings. The molecule has 0 bridgehead atoms. The molecule has 0 spiro atoms. The van der Waals surface area contributed by atoms with Gasteiger partial charge in [0, 0.05) is 18.8 Å². The lowest BCUT2D eigenvalue weighted by molar-refractivity contribution is -0.129. The number of amides is 1. The molecule has 5 heteroatoms. The molecule has 0 unspecified atom stereocenters. The lowest BCUT2D eigenvalue weighted by atomic mass is 9.94. The molecule has 120 valence electrons. The first-order chi connectivity index (χ1) is 10.6. The molecular weight excluding hydrogens is 298 g/mol. The van der Waals surface area contributed by atoms with Crippen LogP contribution in [0.5, 0.6) is 0 Å². The molecule has 1 N–H and O–H groups in total. The highest BCUT2D eigenvalue weighted by Gasteiger charge is 2.21. The molecule has 0 saturated heterocycles. The quantitative estimate of drug-likeness (QED) is 0.872. The predicted molar refractivity (Wildman–Crippen MR) is 89.2 cm³/mol. The zero-order chi connectivity index (χ0) is 15.9. The molecule has 1 aliphatic carbocycles. The Labute approximate surface area is 135 Å². The van der Waals surface area contributed by atoms with E-state index in [1.165, 1.54) is 19.3 Å². The summed E-state index contributed by atoms with van der Waals surface area (Å²) < 4.78 is 0. The Morgan fingerprint density at radius 2 is 2.00 bits per heavy atom. The van der Waals surface area contributed by atoms with Crippen LogP contribution < -0.4 is 0 Å². The van der Waals surface area contributed by atoms with E-state index in [4.69, 9.17) is 5.11 Å². The molecule has 0 aromatic heterocycles. The maximum absolute atomic E-state index is 12.2. The Kier molecular flexibility index (Phi) is 6.31. The molecule has 0 heterocycles. The van der Waals surface area contributed by atoms with Gasteiger partial charge < -0.3 is 10.0 Å². The third kappa shape index (κ3) is 4.77. The summed E-state index contributed by atoms with van der Waals surface area (Å²) in [6, 6.07) is 7.30. The minimum absolute atomic E-state index is 0.172. The fourth-order valence-electron chi connectivity index (χ4n) is 2.82. The second-order valence-corrected chi connectivity index (χ2v) is 6.78. The summed E-state index contributed by atoms with van der Waals surface area (Å²) in [5.41, 5.74) is 1.24. The number of thioether (sulfide) groups is 1. The highest BCUT2D eigenvalue weighted by Crippen LogP contribution is 2.22. The molecular formula is C17H23NO3S. The molecule has 1 aliphatic rings. The molecule has 1 aromatic carbocycles.